The number of ether oxygens (including phenoxy) is 3. The summed E-state index contributed by atoms with van der Waals surface area (Å²) in [7, 11) is 1.69. The van der Waals surface area contributed by atoms with Crippen molar-refractivity contribution in [1.82, 2.24) is 4.90 Å². The summed E-state index contributed by atoms with van der Waals surface area (Å²) in [5, 5.41) is 0. The molecule has 1 amide bonds. The summed E-state index contributed by atoms with van der Waals surface area (Å²) in [5.41, 5.74) is 1.54. The first-order valence-electron chi connectivity index (χ1n) is 9.10. The lowest BCUT2D eigenvalue weighted by atomic mass is 9.81. The Hall–Kier alpha value is -0.820. The van der Waals surface area contributed by atoms with Gasteiger partial charge in [0.05, 0.1) is 17.6 Å². The van der Waals surface area contributed by atoms with E-state index in [0.29, 0.717) is 19.8 Å². The highest BCUT2D eigenvalue weighted by atomic mass is 35.5. The molecule has 26 heavy (non-hydrogen) atoms. The van der Waals surface area contributed by atoms with Gasteiger partial charge in [0.25, 0.3) is 0 Å². The molecule has 2 aliphatic rings. The molecule has 3 rings (SSSR count). The van der Waals surface area contributed by atoms with E-state index in [2.05, 4.69) is 6.92 Å². The molecule has 0 aromatic carbocycles. The third-order valence-electron chi connectivity index (χ3n) is 5.04. The first kappa shape index (κ1) is 19.9. The normalized spacial score (nSPS) is 26.1. The number of amides is 1. The lowest BCUT2D eigenvalue weighted by Gasteiger charge is -2.47. The van der Waals surface area contributed by atoms with Crippen molar-refractivity contribution in [3.8, 4) is 0 Å². The molecule has 1 fully saturated rings. The van der Waals surface area contributed by atoms with Crippen molar-refractivity contribution >= 4 is 29.0 Å². The Kier molecular flexibility index (Phi) is 5.60. The monoisotopic (exact) mass is 401 g/mol. The van der Waals surface area contributed by atoms with Gasteiger partial charge in [-0.3, -0.25) is 0 Å². The second kappa shape index (κ2) is 7.30. The quantitative estimate of drug-likeness (QED) is 0.718. The van der Waals surface area contributed by atoms with Crippen LogP contribution in [0.1, 0.15) is 56.5 Å². The van der Waals surface area contributed by atoms with Crippen molar-refractivity contribution in [1.29, 1.82) is 0 Å². The fraction of sp³-hybridized carbons (Fsp3) is 0.737. The van der Waals surface area contributed by atoms with Crippen LogP contribution in [-0.4, -0.2) is 42.9 Å². The van der Waals surface area contributed by atoms with E-state index in [0.717, 1.165) is 29.2 Å². The zero-order valence-corrected chi connectivity index (χ0v) is 17.8. The van der Waals surface area contributed by atoms with Crippen LogP contribution < -0.4 is 0 Å². The molecule has 1 aromatic heterocycles. The number of methoxy groups -OCH3 is 1. The van der Waals surface area contributed by atoms with Crippen LogP contribution in [0.15, 0.2) is 0 Å². The van der Waals surface area contributed by atoms with Gasteiger partial charge in [-0.25, -0.2) is 4.79 Å². The largest absolute Gasteiger partial charge is 0.444 e. The molecular formula is C19H28ClNO4S. The molecule has 1 spiro atoms. The summed E-state index contributed by atoms with van der Waals surface area (Å²) in [4.78, 5) is 15.6. The maximum Gasteiger partial charge on any atom is 0.410 e. The number of hydrogen-bond donors (Lipinski definition) is 0. The average Bonchev–Trinajstić information content (AvgIpc) is 2.84. The van der Waals surface area contributed by atoms with Gasteiger partial charge < -0.3 is 19.1 Å². The zero-order valence-electron chi connectivity index (χ0n) is 16.2. The van der Waals surface area contributed by atoms with Crippen LogP contribution >= 0.6 is 22.9 Å². The molecule has 0 N–H and O–H groups in total. The third-order valence-corrected chi connectivity index (χ3v) is 6.75. The molecule has 3 heterocycles. The van der Waals surface area contributed by atoms with E-state index in [4.69, 9.17) is 25.8 Å². The van der Waals surface area contributed by atoms with E-state index >= 15 is 0 Å². The Morgan fingerprint density at radius 2 is 2.19 bits per heavy atom. The maximum absolute atomic E-state index is 12.5. The first-order valence-corrected chi connectivity index (χ1v) is 10.3. The standard InChI is InChI=1S/C19H28ClNO4S/c1-12-10-19(7-8-21(12)17(22)25-18(2,3)4)15-13(6-9-24-19)14(11-23-5)16(20)26-15/h12H,6-11H2,1-5H3/t12-,19?/m0/s1. The molecule has 0 radical (unpaired) electrons. The Bertz CT molecular complexity index is 684. The van der Waals surface area contributed by atoms with Crippen LogP contribution in [0.4, 0.5) is 4.79 Å². The van der Waals surface area contributed by atoms with Crippen LogP contribution in [0.25, 0.3) is 0 Å². The van der Waals surface area contributed by atoms with Crippen LogP contribution in [0.5, 0.6) is 0 Å². The predicted octanol–water partition coefficient (Wildman–Crippen LogP) is 4.74. The van der Waals surface area contributed by atoms with Gasteiger partial charge in [-0.15, -0.1) is 11.3 Å². The molecule has 1 saturated heterocycles. The van der Waals surface area contributed by atoms with Crippen molar-refractivity contribution in [3.63, 3.8) is 0 Å². The number of thiophene rings is 1. The number of carbonyl (C=O) groups is 1. The van der Waals surface area contributed by atoms with Crippen molar-refractivity contribution in [2.75, 3.05) is 20.3 Å². The zero-order chi connectivity index (χ0) is 19.1. The number of piperidine rings is 1. The van der Waals surface area contributed by atoms with Gasteiger partial charge in [-0.1, -0.05) is 11.6 Å². The lowest BCUT2D eigenvalue weighted by Crippen LogP contribution is -2.53. The topological polar surface area (TPSA) is 48.0 Å². The number of hydrogen-bond acceptors (Lipinski definition) is 5. The molecule has 0 aliphatic carbocycles. The van der Waals surface area contributed by atoms with E-state index in [9.17, 15) is 4.79 Å². The van der Waals surface area contributed by atoms with Crippen LogP contribution in [0.2, 0.25) is 4.34 Å². The number of carbonyl (C=O) groups excluding carboxylic acids is 1. The molecule has 2 aliphatic heterocycles. The van der Waals surface area contributed by atoms with E-state index in [1.165, 1.54) is 10.4 Å². The number of likely N-dealkylation sites (tertiary alicyclic amines) is 1. The summed E-state index contributed by atoms with van der Waals surface area (Å²) in [6.07, 6.45) is 2.12. The summed E-state index contributed by atoms with van der Waals surface area (Å²) in [6, 6.07) is 0.0382. The number of fused-ring (bicyclic) bond motifs is 2. The van der Waals surface area contributed by atoms with Gasteiger partial charge in [0, 0.05) is 36.6 Å². The lowest BCUT2D eigenvalue weighted by molar-refractivity contribution is -0.108. The Morgan fingerprint density at radius 1 is 1.46 bits per heavy atom. The first-order chi connectivity index (χ1) is 12.2. The molecule has 1 unspecified atom stereocenters. The minimum Gasteiger partial charge on any atom is -0.444 e. The van der Waals surface area contributed by atoms with Gasteiger partial charge in [-0.05, 0) is 46.1 Å². The minimum atomic E-state index is -0.489. The Labute approximate surface area is 164 Å². The van der Waals surface area contributed by atoms with Crippen molar-refractivity contribution in [2.45, 2.75) is 70.8 Å². The number of halogens is 1. The molecular weight excluding hydrogens is 374 g/mol. The summed E-state index contributed by atoms with van der Waals surface area (Å²) >= 11 is 8.11. The number of rotatable bonds is 2. The molecule has 0 saturated carbocycles. The average molecular weight is 402 g/mol. The van der Waals surface area contributed by atoms with Crippen LogP contribution in [-0.2, 0) is 32.8 Å². The SMILES string of the molecule is COCc1c(Cl)sc2c1CCOC21CCN(C(=O)OC(C)(C)C)[C@@H](C)C1. The molecule has 146 valence electrons. The van der Waals surface area contributed by atoms with Gasteiger partial charge in [0.1, 0.15) is 11.2 Å². The molecule has 5 nitrogen and oxygen atoms in total. The van der Waals surface area contributed by atoms with Crippen LogP contribution in [0.3, 0.4) is 0 Å². The van der Waals surface area contributed by atoms with Crippen molar-refractivity contribution in [2.24, 2.45) is 0 Å². The third kappa shape index (κ3) is 3.75. The molecule has 2 atom stereocenters. The highest BCUT2D eigenvalue weighted by molar-refractivity contribution is 7.16. The molecule has 0 bridgehead atoms. The van der Waals surface area contributed by atoms with Gasteiger partial charge in [-0.2, -0.15) is 0 Å². The van der Waals surface area contributed by atoms with Gasteiger partial charge in [0.15, 0.2) is 0 Å². The van der Waals surface area contributed by atoms with Crippen LogP contribution in [0, 0.1) is 0 Å². The second-order valence-electron chi connectivity index (χ2n) is 8.16. The smallest absolute Gasteiger partial charge is 0.410 e. The highest BCUT2D eigenvalue weighted by Crippen LogP contribution is 2.50. The van der Waals surface area contributed by atoms with E-state index in [1.54, 1.807) is 18.4 Å². The molecule has 7 heteroatoms. The van der Waals surface area contributed by atoms with Gasteiger partial charge >= 0.3 is 6.09 Å². The van der Waals surface area contributed by atoms with E-state index in [1.807, 2.05) is 25.7 Å². The minimum absolute atomic E-state index is 0.0382. The second-order valence-corrected chi connectivity index (χ2v) is 9.79. The molecule has 1 aromatic rings. The number of nitrogens with zero attached hydrogens (tertiary/aromatic N) is 1. The van der Waals surface area contributed by atoms with Crippen molar-refractivity contribution < 1.29 is 19.0 Å². The highest BCUT2D eigenvalue weighted by Gasteiger charge is 2.47. The van der Waals surface area contributed by atoms with E-state index < -0.39 is 5.60 Å². The van der Waals surface area contributed by atoms with Crippen molar-refractivity contribution in [3.05, 3.63) is 20.3 Å². The maximum atomic E-state index is 12.5. The van der Waals surface area contributed by atoms with Gasteiger partial charge in [0.2, 0.25) is 0 Å². The fourth-order valence-corrected chi connectivity index (χ4v) is 5.61. The predicted molar refractivity (Wildman–Crippen MR) is 103 cm³/mol. The summed E-state index contributed by atoms with van der Waals surface area (Å²) < 4.78 is 18.0. The summed E-state index contributed by atoms with van der Waals surface area (Å²) in [6.45, 7) is 9.56. The van der Waals surface area contributed by atoms with E-state index in [-0.39, 0.29) is 17.7 Å². The Morgan fingerprint density at radius 3 is 2.81 bits per heavy atom. The Balaban J connectivity index is 1.83. The fourth-order valence-electron chi connectivity index (χ4n) is 3.94. The summed E-state index contributed by atoms with van der Waals surface area (Å²) in [5.74, 6) is 0.